The maximum absolute atomic E-state index is 11.8. The fraction of sp³-hybridized carbons (Fsp3) is 0.111. The molecule has 116 valence electrons. The second-order valence-corrected chi connectivity index (χ2v) is 5.56. The Morgan fingerprint density at radius 3 is 2.83 bits per heavy atom. The quantitative estimate of drug-likeness (QED) is 0.731. The van der Waals surface area contributed by atoms with Crippen molar-refractivity contribution in [2.24, 2.45) is 0 Å². The molecule has 3 aromatic rings. The van der Waals surface area contributed by atoms with Crippen molar-refractivity contribution in [3.05, 3.63) is 77.2 Å². The zero-order valence-corrected chi connectivity index (χ0v) is 13.2. The number of carbonyl (C=O) groups is 1. The first kappa shape index (κ1) is 15.3. The Hall–Kier alpha value is -2.59. The van der Waals surface area contributed by atoms with E-state index in [-0.39, 0.29) is 5.91 Å². The highest BCUT2D eigenvalue weighted by Gasteiger charge is 2.01. The van der Waals surface area contributed by atoms with E-state index in [2.05, 4.69) is 10.3 Å². The lowest BCUT2D eigenvalue weighted by Crippen LogP contribution is -2.23. The molecule has 0 bridgehead atoms. The van der Waals surface area contributed by atoms with Crippen LogP contribution in [-0.4, -0.2) is 21.8 Å². The number of rotatable bonds is 5. The molecule has 0 spiro atoms. The molecule has 3 rings (SSSR count). The molecular formula is C18H16ClN3O. The number of hydrogen-bond donors (Lipinski definition) is 1. The summed E-state index contributed by atoms with van der Waals surface area (Å²) in [4.78, 5) is 16.3. The summed E-state index contributed by atoms with van der Waals surface area (Å²) in [6.07, 6.45) is 7.91. The minimum Gasteiger partial charge on any atom is -0.352 e. The van der Waals surface area contributed by atoms with Crippen LogP contribution in [0, 0.1) is 0 Å². The smallest absolute Gasteiger partial charge is 0.244 e. The van der Waals surface area contributed by atoms with Gasteiger partial charge in [0.15, 0.2) is 0 Å². The van der Waals surface area contributed by atoms with Crippen LogP contribution in [0.3, 0.4) is 0 Å². The summed E-state index contributed by atoms with van der Waals surface area (Å²) in [5, 5.41) is 3.54. The molecule has 2 aromatic heterocycles. The number of hydrogen-bond acceptors (Lipinski definition) is 2. The fourth-order valence-corrected chi connectivity index (χ4v) is 2.35. The van der Waals surface area contributed by atoms with Crippen molar-refractivity contribution in [3.63, 3.8) is 0 Å². The number of nitrogens with one attached hydrogen (secondary N) is 1. The van der Waals surface area contributed by atoms with Crippen molar-refractivity contribution in [2.75, 3.05) is 6.54 Å². The van der Waals surface area contributed by atoms with Gasteiger partial charge in [-0.05, 0) is 35.9 Å². The van der Waals surface area contributed by atoms with E-state index in [1.165, 1.54) is 6.08 Å². The van der Waals surface area contributed by atoms with E-state index >= 15 is 0 Å². The summed E-state index contributed by atoms with van der Waals surface area (Å²) < 4.78 is 1.97. The van der Waals surface area contributed by atoms with Crippen molar-refractivity contribution >= 4 is 29.2 Å². The van der Waals surface area contributed by atoms with Crippen LogP contribution in [-0.2, 0) is 11.2 Å². The molecule has 0 aliphatic heterocycles. The topological polar surface area (TPSA) is 46.4 Å². The SMILES string of the molecule is O=C(/C=C/c1ccc(Cl)cc1)NCCc1cn2ccccc2n1. The highest BCUT2D eigenvalue weighted by molar-refractivity contribution is 6.30. The molecule has 0 aliphatic carbocycles. The van der Waals surface area contributed by atoms with E-state index < -0.39 is 0 Å². The van der Waals surface area contributed by atoms with Gasteiger partial charge in [0.05, 0.1) is 5.69 Å². The molecule has 2 heterocycles. The maximum atomic E-state index is 11.8. The molecule has 1 amide bonds. The van der Waals surface area contributed by atoms with Gasteiger partial charge in [0, 0.05) is 36.5 Å². The molecule has 0 unspecified atom stereocenters. The molecule has 23 heavy (non-hydrogen) atoms. The summed E-state index contributed by atoms with van der Waals surface area (Å²) in [6.45, 7) is 0.549. The highest BCUT2D eigenvalue weighted by atomic mass is 35.5. The Morgan fingerprint density at radius 1 is 1.22 bits per heavy atom. The first-order valence-corrected chi connectivity index (χ1v) is 7.72. The van der Waals surface area contributed by atoms with Crippen molar-refractivity contribution in [1.82, 2.24) is 14.7 Å². The van der Waals surface area contributed by atoms with Gasteiger partial charge in [0.25, 0.3) is 0 Å². The molecule has 0 radical (unpaired) electrons. The second kappa shape index (κ2) is 7.11. The van der Waals surface area contributed by atoms with E-state index in [4.69, 9.17) is 11.6 Å². The lowest BCUT2D eigenvalue weighted by Gasteiger charge is -1.99. The zero-order valence-electron chi connectivity index (χ0n) is 12.4. The number of pyridine rings is 1. The predicted octanol–water partition coefficient (Wildman–Crippen LogP) is 3.36. The second-order valence-electron chi connectivity index (χ2n) is 5.12. The van der Waals surface area contributed by atoms with Crippen LogP contribution in [0.4, 0.5) is 0 Å². The summed E-state index contributed by atoms with van der Waals surface area (Å²) >= 11 is 5.82. The van der Waals surface area contributed by atoms with Gasteiger partial charge in [-0.2, -0.15) is 0 Å². The number of benzene rings is 1. The van der Waals surface area contributed by atoms with E-state index in [9.17, 15) is 4.79 Å². The number of carbonyl (C=O) groups excluding carboxylic acids is 1. The van der Waals surface area contributed by atoms with Crippen molar-refractivity contribution in [3.8, 4) is 0 Å². The summed E-state index contributed by atoms with van der Waals surface area (Å²) in [6, 6.07) is 13.2. The molecular weight excluding hydrogens is 310 g/mol. The number of fused-ring (bicyclic) bond motifs is 1. The van der Waals surface area contributed by atoms with Crippen LogP contribution in [0.2, 0.25) is 5.02 Å². The van der Waals surface area contributed by atoms with Gasteiger partial charge < -0.3 is 9.72 Å². The maximum Gasteiger partial charge on any atom is 0.244 e. The highest BCUT2D eigenvalue weighted by Crippen LogP contribution is 2.10. The van der Waals surface area contributed by atoms with Crippen LogP contribution in [0.1, 0.15) is 11.3 Å². The molecule has 1 aromatic carbocycles. The Kier molecular flexibility index (Phi) is 4.74. The lowest BCUT2D eigenvalue weighted by molar-refractivity contribution is -0.116. The van der Waals surface area contributed by atoms with Gasteiger partial charge >= 0.3 is 0 Å². The molecule has 0 saturated heterocycles. The first-order chi connectivity index (χ1) is 11.2. The van der Waals surface area contributed by atoms with E-state index in [0.717, 1.165) is 16.9 Å². The monoisotopic (exact) mass is 325 g/mol. The Balaban J connectivity index is 1.49. The van der Waals surface area contributed by atoms with Gasteiger partial charge in [0.1, 0.15) is 5.65 Å². The normalized spacial score (nSPS) is 11.2. The summed E-state index contributed by atoms with van der Waals surface area (Å²) in [5.41, 5.74) is 2.81. The van der Waals surface area contributed by atoms with Crippen molar-refractivity contribution in [1.29, 1.82) is 0 Å². The molecule has 0 fully saturated rings. The van der Waals surface area contributed by atoms with Gasteiger partial charge in [-0.15, -0.1) is 0 Å². The average molecular weight is 326 g/mol. The Labute approximate surface area is 139 Å². The standard InChI is InChI=1S/C18H16ClN3O/c19-15-7-4-14(5-8-15)6-9-18(23)20-11-10-16-13-22-12-2-1-3-17(22)21-16/h1-9,12-13H,10-11H2,(H,20,23)/b9-6+. The van der Waals surface area contributed by atoms with Crippen molar-refractivity contribution < 1.29 is 4.79 Å². The van der Waals surface area contributed by atoms with Crippen LogP contribution < -0.4 is 5.32 Å². The van der Waals surface area contributed by atoms with Crippen LogP contribution >= 0.6 is 11.6 Å². The summed E-state index contributed by atoms with van der Waals surface area (Å²) in [5.74, 6) is -0.122. The summed E-state index contributed by atoms with van der Waals surface area (Å²) in [7, 11) is 0. The third-order valence-corrected chi connectivity index (χ3v) is 3.64. The molecule has 0 saturated carbocycles. The number of amides is 1. The van der Waals surface area contributed by atoms with Gasteiger partial charge in [-0.3, -0.25) is 4.79 Å². The average Bonchev–Trinajstić information content (AvgIpc) is 2.97. The van der Waals surface area contributed by atoms with Crippen LogP contribution in [0.25, 0.3) is 11.7 Å². The third kappa shape index (κ3) is 4.20. The van der Waals surface area contributed by atoms with Crippen molar-refractivity contribution in [2.45, 2.75) is 6.42 Å². The van der Waals surface area contributed by atoms with Gasteiger partial charge in [0.2, 0.25) is 5.91 Å². The largest absolute Gasteiger partial charge is 0.352 e. The molecule has 0 atom stereocenters. The Bertz CT molecular complexity index is 804. The molecule has 5 heteroatoms. The Morgan fingerprint density at radius 2 is 2.04 bits per heavy atom. The van der Waals surface area contributed by atoms with E-state index in [0.29, 0.717) is 18.0 Å². The van der Waals surface area contributed by atoms with Gasteiger partial charge in [-0.25, -0.2) is 4.98 Å². The fourth-order valence-electron chi connectivity index (χ4n) is 2.23. The van der Waals surface area contributed by atoms with Crippen LogP contribution in [0.15, 0.2) is 60.9 Å². The number of halogens is 1. The number of imidazole rings is 1. The molecule has 0 aliphatic rings. The van der Waals surface area contributed by atoms with Crippen LogP contribution in [0.5, 0.6) is 0 Å². The van der Waals surface area contributed by atoms with Gasteiger partial charge in [-0.1, -0.05) is 29.8 Å². The predicted molar refractivity (Wildman–Crippen MR) is 92.4 cm³/mol. The number of aromatic nitrogens is 2. The minimum absolute atomic E-state index is 0.122. The third-order valence-electron chi connectivity index (χ3n) is 3.39. The minimum atomic E-state index is -0.122. The van der Waals surface area contributed by atoms with E-state index in [1.54, 1.807) is 18.2 Å². The zero-order chi connectivity index (χ0) is 16.1. The lowest BCUT2D eigenvalue weighted by atomic mass is 10.2. The molecule has 1 N–H and O–H groups in total. The first-order valence-electron chi connectivity index (χ1n) is 7.35. The number of nitrogens with zero attached hydrogens (tertiary/aromatic N) is 2. The molecule has 4 nitrogen and oxygen atoms in total. The van der Waals surface area contributed by atoms with E-state index in [1.807, 2.05) is 47.1 Å².